The number of phenolic OH excluding ortho intramolecular Hbond substituents is 1. The van der Waals surface area contributed by atoms with Gasteiger partial charge in [0, 0.05) is 5.56 Å². The van der Waals surface area contributed by atoms with Crippen molar-refractivity contribution < 1.29 is 14.6 Å². The van der Waals surface area contributed by atoms with Gasteiger partial charge in [-0.15, -0.1) is 0 Å². The van der Waals surface area contributed by atoms with Gasteiger partial charge in [-0.05, 0) is 79.4 Å². The van der Waals surface area contributed by atoms with Crippen LogP contribution >= 0.6 is 0 Å². The van der Waals surface area contributed by atoms with Crippen LogP contribution in [0.2, 0.25) is 0 Å². The summed E-state index contributed by atoms with van der Waals surface area (Å²) in [5.41, 5.74) is 3.16. The second-order valence-electron chi connectivity index (χ2n) is 8.76. The number of rotatable bonds is 15. The largest absolute Gasteiger partial charge is 0.507 e. The van der Waals surface area contributed by atoms with Gasteiger partial charge in [0.15, 0.2) is 5.78 Å². The van der Waals surface area contributed by atoms with Crippen molar-refractivity contribution >= 4 is 11.9 Å². The minimum absolute atomic E-state index is 0.0466. The smallest absolute Gasteiger partial charge is 0.185 e. The molecule has 0 aliphatic rings. The molecule has 174 valence electrons. The SMILES string of the molecule is CCCCCCCCCCCCOc1ccc(C(=O)/C=C/c2cc(C)c(O)c(C)c2)cc1. The lowest BCUT2D eigenvalue weighted by atomic mass is 10.0. The second-order valence-corrected chi connectivity index (χ2v) is 8.76. The molecule has 0 aromatic heterocycles. The molecule has 0 atom stereocenters. The van der Waals surface area contributed by atoms with Crippen LogP contribution in [-0.4, -0.2) is 17.5 Å². The van der Waals surface area contributed by atoms with Crippen LogP contribution in [0, 0.1) is 13.8 Å². The minimum atomic E-state index is -0.0466. The van der Waals surface area contributed by atoms with Crippen molar-refractivity contribution in [2.75, 3.05) is 6.61 Å². The summed E-state index contributed by atoms with van der Waals surface area (Å²) in [5, 5.41) is 9.87. The van der Waals surface area contributed by atoms with Gasteiger partial charge >= 0.3 is 0 Å². The number of ketones is 1. The third-order valence-corrected chi connectivity index (χ3v) is 5.85. The van der Waals surface area contributed by atoms with E-state index in [2.05, 4.69) is 6.92 Å². The Morgan fingerprint density at radius 2 is 1.38 bits per heavy atom. The van der Waals surface area contributed by atoms with Crippen LogP contribution in [0.1, 0.15) is 98.2 Å². The number of phenols is 1. The van der Waals surface area contributed by atoms with Crippen LogP contribution in [0.3, 0.4) is 0 Å². The number of unbranched alkanes of at least 4 members (excludes halogenated alkanes) is 9. The van der Waals surface area contributed by atoms with Crippen LogP contribution in [0.15, 0.2) is 42.5 Å². The predicted molar refractivity (Wildman–Crippen MR) is 135 cm³/mol. The van der Waals surface area contributed by atoms with Crippen LogP contribution in [-0.2, 0) is 0 Å². The number of allylic oxidation sites excluding steroid dienone is 1. The van der Waals surface area contributed by atoms with Gasteiger partial charge in [-0.25, -0.2) is 0 Å². The molecule has 2 rings (SSSR count). The maximum atomic E-state index is 12.4. The molecular weight excluding hydrogens is 396 g/mol. The zero-order valence-corrected chi connectivity index (χ0v) is 20.2. The lowest BCUT2D eigenvalue weighted by Gasteiger charge is -2.07. The second kappa shape index (κ2) is 14.5. The Hall–Kier alpha value is -2.55. The van der Waals surface area contributed by atoms with Crippen molar-refractivity contribution in [2.45, 2.75) is 85.0 Å². The molecule has 2 aromatic rings. The summed E-state index contributed by atoms with van der Waals surface area (Å²) < 4.78 is 5.83. The van der Waals surface area contributed by atoms with E-state index in [-0.39, 0.29) is 5.78 Å². The average Bonchev–Trinajstić information content (AvgIpc) is 2.79. The molecule has 1 N–H and O–H groups in total. The molecule has 0 radical (unpaired) electrons. The fourth-order valence-corrected chi connectivity index (χ4v) is 3.85. The molecule has 32 heavy (non-hydrogen) atoms. The Bertz CT molecular complexity index is 826. The summed E-state index contributed by atoms with van der Waals surface area (Å²) in [4.78, 5) is 12.4. The Morgan fingerprint density at radius 1 is 0.844 bits per heavy atom. The number of carbonyl (C=O) groups excluding carboxylic acids is 1. The highest BCUT2D eigenvalue weighted by molar-refractivity contribution is 6.06. The summed E-state index contributed by atoms with van der Waals surface area (Å²) >= 11 is 0. The van der Waals surface area contributed by atoms with Gasteiger partial charge in [0.25, 0.3) is 0 Å². The predicted octanol–water partition coefficient (Wildman–Crippen LogP) is 8.20. The van der Waals surface area contributed by atoms with E-state index in [9.17, 15) is 9.90 Å². The van der Waals surface area contributed by atoms with E-state index < -0.39 is 0 Å². The van der Waals surface area contributed by atoms with E-state index in [0.717, 1.165) is 35.5 Å². The summed E-state index contributed by atoms with van der Waals surface area (Å²) in [7, 11) is 0. The number of ether oxygens (including phenoxy) is 1. The van der Waals surface area contributed by atoms with Crippen molar-refractivity contribution in [3.05, 3.63) is 64.7 Å². The zero-order chi connectivity index (χ0) is 23.2. The van der Waals surface area contributed by atoms with E-state index >= 15 is 0 Å². The molecule has 0 spiro atoms. The van der Waals surface area contributed by atoms with E-state index in [1.807, 2.05) is 50.2 Å². The maximum absolute atomic E-state index is 12.4. The molecule has 0 unspecified atom stereocenters. The topological polar surface area (TPSA) is 46.5 Å². The van der Waals surface area contributed by atoms with Gasteiger partial charge in [0.1, 0.15) is 11.5 Å². The number of aromatic hydroxyl groups is 1. The Kier molecular flexibility index (Phi) is 11.6. The standard InChI is InChI=1S/C29H40O3/c1-4-5-6-7-8-9-10-11-12-13-20-32-27-17-15-26(16-18-27)28(30)19-14-25-21-23(2)29(31)24(3)22-25/h14-19,21-22,31H,4-13,20H2,1-3H3/b19-14+. The summed E-state index contributed by atoms with van der Waals surface area (Å²) in [6, 6.07) is 11.1. The van der Waals surface area contributed by atoms with Gasteiger partial charge in [0.05, 0.1) is 6.61 Å². The van der Waals surface area contributed by atoms with Crippen LogP contribution < -0.4 is 4.74 Å². The molecule has 0 bridgehead atoms. The minimum Gasteiger partial charge on any atom is -0.507 e. The van der Waals surface area contributed by atoms with Crippen molar-refractivity contribution in [3.8, 4) is 11.5 Å². The first-order valence-corrected chi connectivity index (χ1v) is 12.3. The zero-order valence-electron chi connectivity index (χ0n) is 20.2. The monoisotopic (exact) mass is 436 g/mol. The van der Waals surface area contributed by atoms with Gasteiger partial charge in [-0.1, -0.05) is 70.8 Å². The van der Waals surface area contributed by atoms with Crippen LogP contribution in [0.25, 0.3) is 6.08 Å². The summed E-state index contributed by atoms with van der Waals surface area (Å²) in [6.07, 6.45) is 16.5. The number of hydrogen-bond acceptors (Lipinski definition) is 3. The maximum Gasteiger partial charge on any atom is 0.185 e. The number of carbonyl (C=O) groups is 1. The third-order valence-electron chi connectivity index (χ3n) is 5.85. The fraction of sp³-hybridized carbons (Fsp3) is 0.483. The molecular formula is C29H40O3. The first kappa shape index (κ1) is 25.7. The molecule has 0 heterocycles. The summed E-state index contributed by atoms with van der Waals surface area (Å²) in [6.45, 7) is 6.70. The highest BCUT2D eigenvalue weighted by Crippen LogP contribution is 2.23. The highest BCUT2D eigenvalue weighted by Gasteiger charge is 2.05. The van der Waals surface area contributed by atoms with E-state index in [0.29, 0.717) is 11.3 Å². The normalized spacial score (nSPS) is 11.2. The number of hydrogen-bond donors (Lipinski definition) is 1. The third kappa shape index (κ3) is 9.30. The average molecular weight is 437 g/mol. The highest BCUT2D eigenvalue weighted by atomic mass is 16.5. The molecule has 2 aromatic carbocycles. The van der Waals surface area contributed by atoms with Crippen molar-refractivity contribution in [3.63, 3.8) is 0 Å². The summed E-state index contributed by atoms with van der Waals surface area (Å²) in [5.74, 6) is 1.07. The van der Waals surface area contributed by atoms with Crippen molar-refractivity contribution in [1.82, 2.24) is 0 Å². The number of aryl methyl sites for hydroxylation is 2. The molecule has 0 saturated carbocycles. The first-order valence-electron chi connectivity index (χ1n) is 12.3. The quantitative estimate of drug-likeness (QED) is 0.174. The van der Waals surface area contributed by atoms with Gasteiger partial charge in [-0.2, -0.15) is 0 Å². The molecule has 0 amide bonds. The van der Waals surface area contributed by atoms with Crippen molar-refractivity contribution in [1.29, 1.82) is 0 Å². The Morgan fingerprint density at radius 3 is 1.94 bits per heavy atom. The van der Waals surface area contributed by atoms with Crippen LogP contribution in [0.5, 0.6) is 11.5 Å². The molecule has 3 heteroatoms. The lowest BCUT2D eigenvalue weighted by Crippen LogP contribution is -1.99. The van der Waals surface area contributed by atoms with E-state index in [4.69, 9.17) is 4.74 Å². The van der Waals surface area contributed by atoms with E-state index in [1.54, 1.807) is 12.2 Å². The number of benzene rings is 2. The molecule has 0 fully saturated rings. The van der Waals surface area contributed by atoms with Gasteiger partial charge in [-0.3, -0.25) is 4.79 Å². The Balaban J connectivity index is 1.66. The molecule has 0 saturated heterocycles. The first-order chi connectivity index (χ1) is 15.5. The molecule has 0 aliphatic heterocycles. The Labute approximate surface area is 194 Å². The van der Waals surface area contributed by atoms with Gasteiger partial charge < -0.3 is 9.84 Å². The van der Waals surface area contributed by atoms with Crippen LogP contribution in [0.4, 0.5) is 0 Å². The fourth-order valence-electron chi connectivity index (χ4n) is 3.85. The molecule has 3 nitrogen and oxygen atoms in total. The molecule has 0 aliphatic carbocycles. The van der Waals surface area contributed by atoms with Crippen molar-refractivity contribution in [2.24, 2.45) is 0 Å². The van der Waals surface area contributed by atoms with E-state index in [1.165, 1.54) is 57.8 Å². The lowest BCUT2D eigenvalue weighted by molar-refractivity contribution is 0.104. The van der Waals surface area contributed by atoms with Gasteiger partial charge in [0.2, 0.25) is 0 Å².